The molecule has 0 bridgehead atoms. The fourth-order valence-corrected chi connectivity index (χ4v) is 4.35. The van der Waals surface area contributed by atoms with Crippen molar-refractivity contribution in [2.45, 2.75) is 37.8 Å². The number of aromatic nitrogens is 3. The number of benzene rings is 1. The molecular formula is C23H29N7O. The summed E-state index contributed by atoms with van der Waals surface area (Å²) < 4.78 is 5.45. The molecule has 1 saturated carbocycles. The standard InChI is InChI=1S/C23H29N7O/c24-19-3-1-2-4-21(19)28-23-27-20-9-10-25-15-18(20)22(29-23)26-16-5-7-17(8-6-16)30-11-13-31-14-12-30/h5-10,15,19,21H,1-4,11-14,24H2,(H2,26,27,28,29)/t19-,21-/m1/s1. The van der Waals surface area contributed by atoms with E-state index in [-0.39, 0.29) is 12.1 Å². The van der Waals surface area contributed by atoms with Crippen molar-refractivity contribution < 1.29 is 4.74 Å². The van der Waals surface area contributed by atoms with E-state index in [1.807, 2.05) is 6.07 Å². The Kier molecular flexibility index (Phi) is 5.82. The first-order valence-corrected chi connectivity index (χ1v) is 11.1. The van der Waals surface area contributed by atoms with Crippen LogP contribution in [0.5, 0.6) is 0 Å². The molecular weight excluding hydrogens is 390 g/mol. The average molecular weight is 420 g/mol. The summed E-state index contributed by atoms with van der Waals surface area (Å²) in [6.45, 7) is 3.40. The molecule has 3 heterocycles. The van der Waals surface area contributed by atoms with E-state index in [2.05, 4.69) is 44.8 Å². The molecule has 0 radical (unpaired) electrons. The molecule has 3 aromatic rings. The van der Waals surface area contributed by atoms with Gasteiger partial charge >= 0.3 is 0 Å². The van der Waals surface area contributed by atoms with Crippen molar-refractivity contribution in [1.82, 2.24) is 15.0 Å². The number of nitrogens with zero attached hydrogens (tertiary/aromatic N) is 4. The number of nitrogens with two attached hydrogens (primary N) is 1. The predicted molar refractivity (Wildman–Crippen MR) is 124 cm³/mol. The van der Waals surface area contributed by atoms with Crippen molar-refractivity contribution in [3.05, 3.63) is 42.7 Å². The summed E-state index contributed by atoms with van der Waals surface area (Å²) in [5.41, 5.74) is 9.35. The highest BCUT2D eigenvalue weighted by Crippen LogP contribution is 2.27. The number of rotatable bonds is 5. The largest absolute Gasteiger partial charge is 0.378 e. The van der Waals surface area contributed by atoms with Crippen molar-refractivity contribution in [3.8, 4) is 0 Å². The van der Waals surface area contributed by atoms with E-state index in [9.17, 15) is 0 Å². The molecule has 5 rings (SSSR count). The van der Waals surface area contributed by atoms with E-state index in [1.54, 1.807) is 12.4 Å². The Morgan fingerprint density at radius 2 is 1.81 bits per heavy atom. The lowest BCUT2D eigenvalue weighted by atomic mass is 9.91. The molecule has 1 aromatic carbocycles. The van der Waals surface area contributed by atoms with Gasteiger partial charge in [-0.1, -0.05) is 12.8 Å². The second-order valence-corrected chi connectivity index (χ2v) is 8.26. The minimum Gasteiger partial charge on any atom is -0.378 e. The first-order valence-electron chi connectivity index (χ1n) is 11.1. The van der Waals surface area contributed by atoms with Crippen molar-refractivity contribution >= 4 is 34.0 Å². The molecule has 2 fully saturated rings. The number of morpholine rings is 1. The van der Waals surface area contributed by atoms with Crippen molar-refractivity contribution in [1.29, 1.82) is 0 Å². The van der Waals surface area contributed by atoms with Crippen LogP contribution in [0.2, 0.25) is 0 Å². The maximum Gasteiger partial charge on any atom is 0.225 e. The van der Waals surface area contributed by atoms with Crippen LogP contribution in [0.15, 0.2) is 42.7 Å². The Morgan fingerprint density at radius 1 is 1.00 bits per heavy atom. The zero-order valence-corrected chi connectivity index (χ0v) is 17.6. The van der Waals surface area contributed by atoms with Crippen LogP contribution in [0.1, 0.15) is 25.7 Å². The molecule has 1 aliphatic carbocycles. The Labute approximate surface area is 182 Å². The Hall–Kier alpha value is -2.97. The van der Waals surface area contributed by atoms with Crippen LogP contribution in [0.3, 0.4) is 0 Å². The third kappa shape index (κ3) is 4.55. The average Bonchev–Trinajstić information content (AvgIpc) is 2.82. The third-order valence-electron chi connectivity index (χ3n) is 6.14. The summed E-state index contributed by atoms with van der Waals surface area (Å²) in [6, 6.07) is 10.7. The number of ether oxygens (including phenoxy) is 1. The molecule has 1 aliphatic heterocycles. The topological polar surface area (TPSA) is 101 Å². The van der Waals surface area contributed by atoms with E-state index < -0.39 is 0 Å². The Balaban J connectivity index is 1.39. The summed E-state index contributed by atoms with van der Waals surface area (Å²) in [5, 5.41) is 7.82. The number of fused-ring (bicyclic) bond motifs is 1. The highest BCUT2D eigenvalue weighted by atomic mass is 16.5. The van der Waals surface area contributed by atoms with Crippen molar-refractivity contribution in [2.75, 3.05) is 41.8 Å². The van der Waals surface area contributed by atoms with Gasteiger partial charge in [0.15, 0.2) is 0 Å². The predicted octanol–water partition coefficient (Wildman–Crippen LogP) is 3.29. The van der Waals surface area contributed by atoms with E-state index in [0.29, 0.717) is 5.95 Å². The van der Waals surface area contributed by atoms with Gasteiger partial charge in [0.25, 0.3) is 0 Å². The Morgan fingerprint density at radius 3 is 2.61 bits per heavy atom. The quantitative estimate of drug-likeness (QED) is 0.579. The molecule has 0 amide bonds. The molecule has 8 nitrogen and oxygen atoms in total. The fraction of sp³-hybridized carbons (Fsp3) is 0.435. The van der Waals surface area contributed by atoms with Crippen LogP contribution < -0.4 is 21.3 Å². The van der Waals surface area contributed by atoms with Gasteiger partial charge in [-0.2, -0.15) is 4.98 Å². The fourth-order valence-electron chi connectivity index (χ4n) is 4.35. The zero-order chi connectivity index (χ0) is 21.0. The zero-order valence-electron chi connectivity index (χ0n) is 17.6. The summed E-state index contributed by atoms with van der Waals surface area (Å²) >= 11 is 0. The van der Waals surface area contributed by atoms with Gasteiger partial charge in [-0.3, -0.25) is 4.98 Å². The highest BCUT2D eigenvalue weighted by molar-refractivity contribution is 5.91. The van der Waals surface area contributed by atoms with Crippen LogP contribution in [-0.2, 0) is 4.74 Å². The number of nitrogens with one attached hydrogen (secondary N) is 2. The molecule has 2 aliphatic rings. The van der Waals surface area contributed by atoms with Crippen molar-refractivity contribution in [2.24, 2.45) is 5.73 Å². The third-order valence-corrected chi connectivity index (χ3v) is 6.14. The monoisotopic (exact) mass is 419 g/mol. The minimum absolute atomic E-state index is 0.134. The molecule has 4 N–H and O–H groups in total. The SMILES string of the molecule is N[C@@H]1CCCC[C@H]1Nc1nc(Nc2ccc(N3CCOCC3)cc2)c2cnccc2n1. The molecule has 0 unspecified atom stereocenters. The molecule has 2 atom stereocenters. The first-order chi connectivity index (χ1) is 15.3. The van der Waals surface area contributed by atoms with Gasteiger partial charge in [0.1, 0.15) is 5.82 Å². The van der Waals surface area contributed by atoms with E-state index in [4.69, 9.17) is 20.4 Å². The number of anilines is 4. The summed E-state index contributed by atoms with van der Waals surface area (Å²) in [7, 11) is 0. The molecule has 8 heteroatoms. The highest BCUT2D eigenvalue weighted by Gasteiger charge is 2.23. The smallest absolute Gasteiger partial charge is 0.225 e. The maximum atomic E-state index is 6.32. The van der Waals surface area contributed by atoms with Gasteiger partial charge in [0.2, 0.25) is 5.95 Å². The summed E-state index contributed by atoms with van der Waals surface area (Å²) in [4.78, 5) is 16.1. The summed E-state index contributed by atoms with van der Waals surface area (Å²) in [6.07, 6.45) is 8.02. The van der Waals surface area contributed by atoms with Gasteiger partial charge in [0, 0.05) is 48.9 Å². The van der Waals surface area contributed by atoms with Crippen LogP contribution >= 0.6 is 0 Å². The molecule has 31 heavy (non-hydrogen) atoms. The second-order valence-electron chi connectivity index (χ2n) is 8.26. The van der Waals surface area contributed by atoms with Crippen LogP contribution in [0, 0.1) is 0 Å². The lowest BCUT2D eigenvalue weighted by Crippen LogP contribution is -2.43. The number of hydrogen-bond donors (Lipinski definition) is 3. The normalized spacial score (nSPS) is 21.8. The van der Waals surface area contributed by atoms with Crippen LogP contribution in [0.4, 0.5) is 23.1 Å². The van der Waals surface area contributed by atoms with Crippen LogP contribution in [0.25, 0.3) is 10.9 Å². The maximum absolute atomic E-state index is 6.32. The van der Waals surface area contributed by atoms with Gasteiger partial charge in [-0.15, -0.1) is 0 Å². The molecule has 0 spiro atoms. The first kappa shape index (κ1) is 20.0. The van der Waals surface area contributed by atoms with Gasteiger partial charge in [-0.25, -0.2) is 4.98 Å². The van der Waals surface area contributed by atoms with Gasteiger partial charge < -0.3 is 26.0 Å². The lowest BCUT2D eigenvalue weighted by Gasteiger charge is -2.29. The molecule has 162 valence electrons. The van der Waals surface area contributed by atoms with E-state index in [0.717, 1.165) is 61.6 Å². The van der Waals surface area contributed by atoms with Gasteiger partial charge in [-0.05, 0) is 43.2 Å². The lowest BCUT2D eigenvalue weighted by molar-refractivity contribution is 0.122. The minimum atomic E-state index is 0.134. The summed E-state index contributed by atoms with van der Waals surface area (Å²) in [5.74, 6) is 1.34. The van der Waals surface area contributed by atoms with Gasteiger partial charge in [0.05, 0.1) is 24.1 Å². The molecule has 1 saturated heterocycles. The van der Waals surface area contributed by atoms with E-state index >= 15 is 0 Å². The Bertz CT molecular complexity index is 1020. The number of pyridine rings is 1. The van der Waals surface area contributed by atoms with Crippen molar-refractivity contribution in [3.63, 3.8) is 0 Å². The second kappa shape index (κ2) is 9.03. The number of hydrogen-bond acceptors (Lipinski definition) is 8. The van der Waals surface area contributed by atoms with Crippen LogP contribution in [-0.4, -0.2) is 53.3 Å². The van der Waals surface area contributed by atoms with E-state index in [1.165, 1.54) is 18.5 Å². The molecule has 2 aromatic heterocycles.